The lowest BCUT2D eigenvalue weighted by Crippen LogP contribution is -2.22. The number of aromatic nitrogens is 7. The lowest BCUT2D eigenvalue weighted by molar-refractivity contribution is 0.427. The summed E-state index contributed by atoms with van der Waals surface area (Å²) >= 11 is 0. The van der Waals surface area contributed by atoms with Crippen molar-refractivity contribution < 1.29 is 0 Å². The normalized spacial score (nSPS) is 13.3. The van der Waals surface area contributed by atoms with Crippen molar-refractivity contribution in [2.45, 2.75) is 86.1 Å². The van der Waals surface area contributed by atoms with Gasteiger partial charge in [0.15, 0.2) is 5.82 Å². The quantitative estimate of drug-likeness (QED) is 0.188. The molecule has 0 aliphatic rings. The summed E-state index contributed by atoms with van der Waals surface area (Å²) in [5.74, 6) is 2.97. The van der Waals surface area contributed by atoms with Gasteiger partial charge in [0.2, 0.25) is 0 Å². The Morgan fingerprint density at radius 1 is 0.861 bits per heavy atom. The summed E-state index contributed by atoms with van der Waals surface area (Å²) in [6.45, 7) is 16.0. The fourth-order valence-corrected chi connectivity index (χ4v) is 4.03. The summed E-state index contributed by atoms with van der Waals surface area (Å²) < 4.78 is 4.03. The van der Waals surface area contributed by atoms with Crippen LogP contribution < -0.4 is 16.0 Å². The van der Waals surface area contributed by atoms with Gasteiger partial charge in [0.1, 0.15) is 5.82 Å². The third-order valence-electron chi connectivity index (χ3n) is 6.33. The summed E-state index contributed by atoms with van der Waals surface area (Å²) in [7, 11) is 0. The van der Waals surface area contributed by atoms with E-state index >= 15 is 0 Å². The van der Waals surface area contributed by atoms with Crippen molar-refractivity contribution in [2.24, 2.45) is 11.8 Å². The highest BCUT2D eigenvalue weighted by Gasteiger charge is 2.08. The minimum Gasteiger partial charge on any atom is -0.311 e. The Morgan fingerprint density at radius 2 is 1.53 bits per heavy atom. The SMILES string of the molecule is CCCNCc1n[nH]c(CCC(C)CNCc2ccn(CCC(C)CNCc3ccn(CC)n3)n2)n1. The van der Waals surface area contributed by atoms with Crippen molar-refractivity contribution in [1.82, 2.24) is 50.7 Å². The molecule has 0 saturated heterocycles. The number of rotatable bonds is 19. The number of hydrogen-bond donors (Lipinski definition) is 4. The molecule has 3 heterocycles. The topological polar surface area (TPSA) is 113 Å². The number of nitrogens with zero attached hydrogens (tertiary/aromatic N) is 6. The number of nitrogens with one attached hydrogen (secondary N) is 4. The number of hydrogen-bond acceptors (Lipinski definition) is 7. The molecule has 0 amide bonds. The number of H-pyrrole nitrogens is 1. The predicted octanol–water partition coefficient (Wildman–Crippen LogP) is 2.89. The monoisotopic (exact) mass is 498 g/mol. The lowest BCUT2D eigenvalue weighted by atomic mass is 10.1. The molecule has 200 valence electrons. The Hall–Kier alpha value is -2.56. The predicted molar refractivity (Wildman–Crippen MR) is 143 cm³/mol. The van der Waals surface area contributed by atoms with Crippen molar-refractivity contribution in [2.75, 3.05) is 19.6 Å². The third kappa shape index (κ3) is 10.2. The summed E-state index contributed by atoms with van der Waals surface area (Å²) in [6.07, 6.45) is 8.34. The second kappa shape index (κ2) is 15.5. The van der Waals surface area contributed by atoms with E-state index in [1.54, 1.807) is 0 Å². The molecule has 10 nitrogen and oxygen atoms in total. The molecule has 2 unspecified atom stereocenters. The van der Waals surface area contributed by atoms with Crippen LogP contribution in [0.2, 0.25) is 0 Å². The fourth-order valence-electron chi connectivity index (χ4n) is 4.03. The van der Waals surface area contributed by atoms with E-state index in [-0.39, 0.29) is 0 Å². The van der Waals surface area contributed by atoms with Crippen LogP contribution in [0.5, 0.6) is 0 Å². The Balaban J connectivity index is 1.24. The van der Waals surface area contributed by atoms with Crippen molar-refractivity contribution in [3.05, 3.63) is 47.6 Å². The van der Waals surface area contributed by atoms with Crippen molar-refractivity contribution >= 4 is 0 Å². The maximum atomic E-state index is 4.74. The average Bonchev–Trinajstić information content (AvgIpc) is 3.63. The van der Waals surface area contributed by atoms with Gasteiger partial charge in [-0.05, 0) is 69.8 Å². The molecule has 0 fully saturated rings. The van der Waals surface area contributed by atoms with Gasteiger partial charge in [-0.3, -0.25) is 14.5 Å². The molecule has 3 rings (SSSR count). The van der Waals surface area contributed by atoms with Gasteiger partial charge in [0.05, 0.1) is 17.9 Å². The summed E-state index contributed by atoms with van der Waals surface area (Å²) in [4.78, 5) is 4.58. The molecule has 3 aromatic rings. The Kier molecular flexibility index (Phi) is 12.1. The zero-order valence-electron chi connectivity index (χ0n) is 22.6. The average molecular weight is 499 g/mol. The highest BCUT2D eigenvalue weighted by Crippen LogP contribution is 2.08. The first-order chi connectivity index (χ1) is 17.6. The standard InChI is InChI=1S/C26H46N10/c1-5-12-27-20-26-30-25(31-32-26)8-7-21(3)16-28-19-24-11-15-36(34-24)13-9-22(4)17-29-18-23-10-14-35(6-2)33-23/h10-11,14-15,21-22,27-29H,5-9,12-13,16-20H2,1-4H3,(H,30,31,32). The molecule has 0 bridgehead atoms. The first-order valence-electron chi connectivity index (χ1n) is 13.6. The molecular formula is C26H46N10. The van der Waals surface area contributed by atoms with E-state index in [0.717, 1.165) is 101 Å². The van der Waals surface area contributed by atoms with Crippen molar-refractivity contribution in [3.63, 3.8) is 0 Å². The van der Waals surface area contributed by atoms with Crippen LogP contribution in [-0.4, -0.2) is 54.4 Å². The van der Waals surface area contributed by atoms with Crippen molar-refractivity contribution in [1.29, 1.82) is 0 Å². The summed E-state index contributed by atoms with van der Waals surface area (Å²) in [5, 5.41) is 27.0. The van der Waals surface area contributed by atoms with Crippen LogP contribution >= 0.6 is 0 Å². The van der Waals surface area contributed by atoms with E-state index in [1.807, 2.05) is 10.9 Å². The minimum absolute atomic E-state index is 0.558. The Bertz CT molecular complexity index is 975. The zero-order chi connectivity index (χ0) is 25.6. The smallest absolute Gasteiger partial charge is 0.164 e. The van der Waals surface area contributed by atoms with E-state index in [0.29, 0.717) is 11.8 Å². The number of aryl methyl sites for hydroxylation is 3. The third-order valence-corrected chi connectivity index (χ3v) is 6.33. The molecule has 0 aliphatic carbocycles. The van der Waals surface area contributed by atoms with Gasteiger partial charge in [-0.25, -0.2) is 4.98 Å². The Morgan fingerprint density at radius 3 is 2.19 bits per heavy atom. The van der Waals surface area contributed by atoms with E-state index < -0.39 is 0 Å². The van der Waals surface area contributed by atoms with Gasteiger partial charge in [-0.2, -0.15) is 15.3 Å². The maximum absolute atomic E-state index is 4.74. The van der Waals surface area contributed by atoms with Crippen LogP contribution in [0.3, 0.4) is 0 Å². The van der Waals surface area contributed by atoms with E-state index in [4.69, 9.17) is 5.10 Å². The maximum Gasteiger partial charge on any atom is 0.164 e. The molecule has 3 aromatic heterocycles. The first-order valence-corrected chi connectivity index (χ1v) is 13.6. The number of aromatic amines is 1. The Labute approximate surface area is 216 Å². The highest BCUT2D eigenvalue weighted by molar-refractivity contribution is 4.99. The molecule has 36 heavy (non-hydrogen) atoms. The molecule has 0 saturated carbocycles. The van der Waals surface area contributed by atoms with Gasteiger partial charge in [0, 0.05) is 45.0 Å². The second-order valence-electron chi connectivity index (χ2n) is 9.91. The molecule has 0 aliphatic heterocycles. The molecular weight excluding hydrogens is 452 g/mol. The van der Waals surface area contributed by atoms with Crippen LogP contribution in [0.25, 0.3) is 0 Å². The van der Waals surface area contributed by atoms with Crippen LogP contribution in [0, 0.1) is 11.8 Å². The van der Waals surface area contributed by atoms with Crippen LogP contribution in [-0.2, 0) is 39.1 Å². The van der Waals surface area contributed by atoms with Gasteiger partial charge < -0.3 is 16.0 Å². The molecule has 2 atom stereocenters. The van der Waals surface area contributed by atoms with Crippen molar-refractivity contribution in [3.8, 4) is 0 Å². The van der Waals surface area contributed by atoms with Gasteiger partial charge in [-0.15, -0.1) is 0 Å². The zero-order valence-corrected chi connectivity index (χ0v) is 22.6. The van der Waals surface area contributed by atoms with E-state index in [9.17, 15) is 0 Å². The van der Waals surface area contributed by atoms with Crippen LogP contribution in [0.1, 0.15) is 70.0 Å². The summed E-state index contributed by atoms with van der Waals surface area (Å²) in [6, 6.07) is 4.20. The van der Waals surface area contributed by atoms with Gasteiger partial charge >= 0.3 is 0 Å². The van der Waals surface area contributed by atoms with Crippen LogP contribution in [0.4, 0.5) is 0 Å². The largest absolute Gasteiger partial charge is 0.311 e. The first kappa shape index (κ1) is 28.0. The molecule has 0 aromatic carbocycles. The van der Waals surface area contributed by atoms with Gasteiger partial charge in [-0.1, -0.05) is 20.8 Å². The van der Waals surface area contributed by atoms with Crippen LogP contribution in [0.15, 0.2) is 24.5 Å². The van der Waals surface area contributed by atoms with E-state index in [2.05, 4.69) is 86.9 Å². The lowest BCUT2D eigenvalue weighted by Gasteiger charge is -2.12. The minimum atomic E-state index is 0.558. The highest BCUT2D eigenvalue weighted by atomic mass is 15.3. The van der Waals surface area contributed by atoms with Gasteiger partial charge in [0.25, 0.3) is 0 Å². The van der Waals surface area contributed by atoms with E-state index in [1.165, 1.54) is 0 Å². The summed E-state index contributed by atoms with van der Waals surface area (Å²) in [5.41, 5.74) is 2.20. The molecule has 0 radical (unpaired) electrons. The fraction of sp³-hybridized carbons (Fsp3) is 0.692. The molecule has 4 N–H and O–H groups in total. The second-order valence-corrected chi connectivity index (χ2v) is 9.91. The molecule has 0 spiro atoms. The molecule has 10 heteroatoms.